The molecule has 5 heteroatoms. The lowest BCUT2D eigenvalue weighted by molar-refractivity contribution is 0.105. The van der Waals surface area contributed by atoms with E-state index in [9.17, 15) is 9.90 Å². The molecular weight excluding hydrogens is 336 g/mol. The minimum absolute atomic E-state index is 0.0869. The topological polar surface area (TPSA) is 37.3 Å². The van der Waals surface area contributed by atoms with Crippen molar-refractivity contribution in [3.63, 3.8) is 0 Å². The van der Waals surface area contributed by atoms with E-state index >= 15 is 0 Å². The molecule has 0 aliphatic rings. The number of hydrogen-bond donors (Lipinski definition) is 1. The number of rotatable bonds is 3. The minimum atomic E-state index is -0.0869. The van der Waals surface area contributed by atoms with Crippen LogP contribution in [0.1, 0.15) is 15.2 Å². The smallest absolute Gasteiger partial charge is 0.195 e. The van der Waals surface area contributed by atoms with Crippen LogP contribution in [-0.2, 0) is 0 Å². The van der Waals surface area contributed by atoms with Crippen molar-refractivity contribution in [2.75, 3.05) is 0 Å². The Kier molecular flexibility index (Phi) is 4.22. The first-order valence-electron chi connectivity index (χ1n) is 5.02. The molecule has 92 valence electrons. The molecule has 0 saturated carbocycles. The maximum absolute atomic E-state index is 11.8. The van der Waals surface area contributed by atoms with Gasteiger partial charge in [0.2, 0.25) is 0 Å². The summed E-state index contributed by atoms with van der Waals surface area (Å²) in [7, 11) is 0. The Morgan fingerprint density at radius 3 is 2.72 bits per heavy atom. The highest BCUT2D eigenvalue weighted by Gasteiger charge is 2.05. The van der Waals surface area contributed by atoms with Gasteiger partial charge in [-0.2, -0.15) is 0 Å². The summed E-state index contributed by atoms with van der Waals surface area (Å²) in [6.45, 7) is 0. The Morgan fingerprint density at radius 1 is 1.33 bits per heavy atom. The molecule has 0 unspecified atom stereocenters. The van der Waals surface area contributed by atoms with Gasteiger partial charge in [-0.1, -0.05) is 23.7 Å². The van der Waals surface area contributed by atoms with Crippen LogP contribution >= 0.6 is 38.9 Å². The summed E-state index contributed by atoms with van der Waals surface area (Å²) in [5, 5.41) is 9.35. The van der Waals surface area contributed by atoms with Gasteiger partial charge in [0, 0.05) is 0 Å². The first kappa shape index (κ1) is 13.3. The Labute approximate surface area is 122 Å². The maximum atomic E-state index is 11.8. The zero-order valence-electron chi connectivity index (χ0n) is 9.06. The third kappa shape index (κ3) is 3.22. The lowest BCUT2D eigenvalue weighted by Crippen LogP contribution is -1.88. The Bertz CT molecular complexity index is 619. The van der Waals surface area contributed by atoms with Crippen molar-refractivity contribution in [3.05, 3.63) is 55.7 Å². The number of halogens is 2. The van der Waals surface area contributed by atoms with Crippen LogP contribution < -0.4 is 0 Å². The van der Waals surface area contributed by atoms with Gasteiger partial charge in [-0.25, -0.2) is 0 Å². The third-order valence-corrected chi connectivity index (χ3v) is 4.10. The minimum Gasteiger partial charge on any atom is -0.507 e. The number of phenols is 1. The van der Waals surface area contributed by atoms with Crippen molar-refractivity contribution in [2.24, 2.45) is 0 Å². The van der Waals surface area contributed by atoms with Crippen molar-refractivity contribution in [3.8, 4) is 5.75 Å². The van der Waals surface area contributed by atoms with E-state index in [1.54, 1.807) is 36.4 Å². The lowest BCUT2D eigenvalue weighted by Gasteiger charge is -1.97. The van der Waals surface area contributed by atoms with Gasteiger partial charge in [0.1, 0.15) is 5.75 Å². The number of carbonyl (C=O) groups is 1. The number of thiophene rings is 1. The normalized spacial score (nSPS) is 11.0. The molecule has 1 aromatic heterocycles. The Morgan fingerprint density at radius 2 is 2.11 bits per heavy atom. The SMILES string of the molecule is O=C(/C=C/c1ccc(O)c(Br)c1)c1ccc(Cl)s1. The van der Waals surface area contributed by atoms with Crippen molar-refractivity contribution >= 4 is 50.7 Å². The number of ketones is 1. The molecule has 0 radical (unpaired) electrons. The summed E-state index contributed by atoms with van der Waals surface area (Å²) in [6, 6.07) is 8.43. The van der Waals surface area contributed by atoms with Crippen LogP contribution in [0.5, 0.6) is 5.75 Å². The molecule has 0 fully saturated rings. The molecule has 0 saturated heterocycles. The van der Waals surface area contributed by atoms with Gasteiger partial charge < -0.3 is 5.11 Å². The standard InChI is InChI=1S/C13H8BrClO2S/c14-9-7-8(1-3-10(9)16)2-4-11(17)12-5-6-13(15)18-12/h1-7,16H/b4-2+. The van der Waals surface area contributed by atoms with Gasteiger partial charge >= 0.3 is 0 Å². The quantitative estimate of drug-likeness (QED) is 0.644. The van der Waals surface area contributed by atoms with E-state index in [-0.39, 0.29) is 11.5 Å². The fourth-order valence-electron chi connectivity index (χ4n) is 1.33. The molecule has 1 N–H and O–H groups in total. The highest BCUT2D eigenvalue weighted by atomic mass is 79.9. The molecule has 1 aromatic carbocycles. The van der Waals surface area contributed by atoms with E-state index in [1.807, 2.05) is 0 Å². The number of carbonyl (C=O) groups excluding carboxylic acids is 1. The van der Waals surface area contributed by atoms with Crippen LogP contribution in [0.25, 0.3) is 6.08 Å². The second-order valence-corrected chi connectivity index (χ2v) is 6.08. The molecule has 1 heterocycles. The predicted octanol–water partition coefficient (Wildman–Crippen LogP) is 4.77. The second kappa shape index (κ2) is 5.69. The van der Waals surface area contributed by atoms with E-state index in [0.29, 0.717) is 13.7 Å². The van der Waals surface area contributed by atoms with E-state index in [1.165, 1.54) is 17.4 Å². The molecule has 0 amide bonds. The second-order valence-electron chi connectivity index (χ2n) is 3.51. The fourth-order valence-corrected chi connectivity index (χ4v) is 2.69. The van der Waals surface area contributed by atoms with Gasteiger partial charge in [-0.3, -0.25) is 4.79 Å². The molecule has 18 heavy (non-hydrogen) atoms. The number of benzene rings is 1. The van der Waals surface area contributed by atoms with Crippen molar-refractivity contribution in [1.82, 2.24) is 0 Å². The molecule has 2 aromatic rings. The molecule has 2 nitrogen and oxygen atoms in total. The van der Waals surface area contributed by atoms with Gasteiger partial charge in [-0.05, 0) is 51.8 Å². The van der Waals surface area contributed by atoms with Crippen LogP contribution in [0.4, 0.5) is 0 Å². The molecule has 2 rings (SSSR count). The number of hydrogen-bond acceptors (Lipinski definition) is 3. The first-order valence-corrected chi connectivity index (χ1v) is 7.01. The monoisotopic (exact) mass is 342 g/mol. The summed E-state index contributed by atoms with van der Waals surface area (Å²) < 4.78 is 1.19. The van der Waals surface area contributed by atoms with E-state index < -0.39 is 0 Å². The largest absolute Gasteiger partial charge is 0.507 e. The third-order valence-electron chi connectivity index (χ3n) is 2.21. The van der Waals surface area contributed by atoms with Crippen LogP contribution in [0.2, 0.25) is 4.34 Å². The summed E-state index contributed by atoms with van der Waals surface area (Å²) in [4.78, 5) is 12.4. The van der Waals surface area contributed by atoms with Crippen molar-refractivity contribution < 1.29 is 9.90 Å². The number of allylic oxidation sites excluding steroid dienone is 1. The summed E-state index contributed by atoms with van der Waals surface area (Å²) in [6.07, 6.45) is 3.18. The Balaban J connectivity index is 2.15. The van der Waals surface area contributed by atoms with Gasteiger partial charge in [0.15, 0.2) is 5.78 Å². The lowest BCUT2D eigenvalue weighted by atomic mass is 10.2. The average Bonchev–Trinajstić information content (AvgIpc) is 2.77. The van der Waals surface area contributed by atoms with Gasteiger partial charge in [-0.15, -0.1) is 11.3 Å². The molecule has 0 aliphatic heterocycles. The number of phenolic OH excluding ortho intramolecular Hbond substituents is 1. The molecule has 0 spiro atoms. The maximum Gasteiger partial charge on any atom is 0.195 e. The first-order chi connectivity index (χ1) is 8.56. The fraction of sp³-hybridized carbons (Fsp3) is 0. The summed E-state index contributed by atoms with van der Waals surface area (Å²) in [5.74, 6) is 0.0830. The summed E-state index contributed by atoms with van der Waals surface area (Å²) >= 11 is 10.2. The van der Waals surface area contributed by atoms with Gasteiger partial charge in [0.25, 0.3) is 0 Å². The Hall–Kier alpha value is -1.10. The van der Waals surface area contributed by atoms with Crippen molar-refractivity contribution in [2.45, 2.75) is 0 Å². The molecule has 0 bridgehead atoms. The highest BCUT2D eigenvalue weighted by molar-refractivity contribution is 9.10. The van der Waals surface area contributed by atoms with Crippen LogP contribution in [0, 0.1) is 0 Å². The predicted molar refractivity (Wildman–Crippen MR) is 78.5 cm³/mol. The molecule has 0 atom stereocenters. The van der Waals surface area contributed by atoms with E-state index in [2.05, 4.69) is 15.9 Å². The van der Waals surface area contributed by atoms with Gasteiger partial charge in [0.05, 0.1) is 13.7 Å². The highest BCUT2D eigenvalue weighted by Crippen LogP contribution is 2.25. The van der Waals surface area contributed by atoms with E-state index in [4.69, 9.17) is 11.6 Å². The van der Waals surface area contributed by atoms with Crippen molar-refractivity contribution in [1.29, 1.82) is 0 Å². The van der Waals surface area contributed by atoms with Crippen LogP contribution in [-0.4, -0.2) is 10.9 Å². The van der Waals surface area contributed by atoms with Crippen LogP contribution in [0.15, 0.2) is 40.9 Å². The summed E-state index contributed by atoms with van der Waals surface area (Å²) in [5.41, 5.74) is 0.829. The van der Waals surface area contributed by atoms with Crippen LogP contribution in [0.3, 0.4) is 0 Å². The van der Waals surface area contributed by atoms with E-state index in [0.717, 1.165) is 5.56 Å². The molecular formula is C13H8BrClO2S. The zero-order chi connectivity index (χ0) is 13.1. The average molecular weight is 344 g/mol. The zero-order valence-corrected chi connectivity index (χ0v) is 12.2. The molecule has 0 aliphatic carbocycles. The number of aromatic hydroxyl groups is 1.